The molecular weight excluding hydrogens is 328 g/mol. The second kappa shape index (κ2) is 7.05. The minimum Gasteiger partial charge on any atom is -0.355 e. The average molecular weight is 351 g/mol. The first kappa shape index (κ1) is 16.5. The van der Waals surface area contributed by atoms with Gasteiger partial charge in [0, 0.05) is 48.4 Å². The van der Waals surface area contributed by atoms with Crippen molar-refractivity contribution in [1.82, 2.24) is 19.9 Å². The molecule has 2 aromatic heterocycles. The van der Waals surface area contributed by atoms with Crippen molar-refractivity contribution in [3.63, 3.8) is 0 Å². The molecule has 1 aliphatic carbocycles. The summed E-state index contributed by atoms with van der Waals surface area (Å²) < 4.78 is 3.19. The number of rotatable bonds is 8. The predicted molar refractivity (Wildman–Crippen MR) is 93.9 cm³/mol. The van der Waals surface area contributed by atoms with E-state index in [-0.39, 0.29) is 11.3 Å². The smallest absolute Gasteiger partial charge is 0.230 e. The van der Waals surface area contributed by atoms with Crippen LogP contribution < -0.4 is 5.32 Å². The van der Waals surface area contributed by atoms with Crippen molar-refractivity contribution in [3.05, 3.63) is 29.3 Å². The maximum absolute atomic E-state index is 12.0. The molecule has 1 N–H and O–H groups in total. The van der Waals surface area contributed by atoms with E-state index < -0.39 is 0 Å². The molecule has 1 aliphatic rings. The molecule has 5 nitrogen and oxygen atoms in total. The minimum absolute atomic E-state index is 0.0930. The van der Waals surface area contributed by atoms with Gasteiger partial charge in [0.2, 0.25) is 5.91 Å². The van der Waals surface area contributed by atoms with E-state index in [1.807, 2.05) is 24.7 Å². The van der Waals surface area contributed by atoms with Crippen LogP contribution in [0.1, 0.15) is 31.3 Å². The zero-order valence-corrected chi connectivity index (χ0v) is 15.2. The van der Waals surface area contributed by atoms with Crippen LogP contribution in [-0.2, 0) is 17.8 Å². The molecule has 7 heteroatoms. The number of hydrogen-bond donors (Lipinski definition) is 1. The molecule has 2 aromatic rings. The Balaban J connectivity index is 1.45. The number of nitrogens with one attached hydrogen (secondary N) is 1. The molecule has 0 saturated heterocycles. The Kier molecular flexibility index (Phi) is 5.06. The number of aromatic nitrogens is 3. The molecule has 23 heavy (non-hydrogen) atoms. The van der Waals surface area contributed by atoms with Gasteiger partial charge >= 0.3 is 0 Å². The molecule has 0 unspecified atom stereocenters. The van der Waals surface area contributed by atoms with Crippen LogP contribution in [0.25, 0.3) is 0 Å². The van der Waals surface area contributed by atoms with E-state index in [0.717, 1.165) is 35.4 Å². The Labute approximate surface area is 144 Å². The lowest BCUT2D eigenvalue weighted by molar-refractivity contribution is -0.118. The largest absolute Gasteiger partial charge is 0.355 e. The molecule has 124 valence electrons. The number of imidazole rings is 1. The van der Waals surface area contributed by atoms with Gasteiger partial charge in [0.05, 0.1) is 5.75 Å². The van der Waals surface area contributed by atoms with Crippen LogP contribution in [0.3, 0.4) is 0 Å². The topological polar surface area (TPSA) is 59.8 Å². The second-order valence-electron chi connectivity index (χ2n) is 6.15. The van der Waals surface area contributed by atoms with Crippen LogP contribution in [-0.4, -0.2) is 32.7 Å². The molecule has 0 atom stereocenters. The van der Waals surface area contributed by atoms with Crippen LogP contribution in [0, 0.1) is 12.3 Å². The lowest BCUT2D eigenvalue weighted by Crippen LogP contribution is -2.33. The molecule has 0 radical (unpaired) electrons. The molecular formula is C16H22N4OS2. The van der Waals surface area contributed by atoms with Crippen LogP contribution in [0.15, 0.2) is 22.1 Å². The zero-order valence-electron chi connectivity index (χ0n) is 13.5. The molecule has 0 bridgehead atoms. The summed E-state index contributed by atoms with van der Waals surface area (Å²) in [5.41, 5.74) is 1.24. The predicted octanol–water partition coefficient (Wildman–Crippen LogP) is 2.90. The molecule has 0 aromatic carbocycles. The van der Waals surface area contributed by atoms with Crippen molar-refractivity contribution in [3.8, 4) is 0 Å². The highest BCUT2D eigenvalue weighted by molar-refractivity contribution is 8.01. The third-order valence-corrected chi connectivity index (χ3v) is 6.30. The lowest BCUT2D eigenvalue weighted by atomic mass is 10.1. The van der Waals surface area contributed by atoms with Crippen LogP contribution in [0.2, 0.25) is 0 Å². The Morgan fingerprint density at radius 3 is 3.00 bits per heavy atom. The summed E-state index contributed by atoms with van der Waals surface area (Å²) in [7, 11) is 0. The molecule has 3 rings (SSSR count). The number of thiazole rings is 1. The highest BCUT2D eigenvalue weighted by atomic mass is 32.2. The van der Waals surface area contributed by atoms with Gasteiger partial charge in [-0.2, -0.15) is 0 Å². The highest BCUT2D eigenvalue weighted by Gasteiger charge is 2.43. The number of hydrogen-bond acceptors (Lipinski definition) is 5. The molecule has 0 aliphatic heterocycles. The highest BCUT2D eigenvalue weighted by Crippen LogP contribution is 2.46. The van der Waals surface area contributed by atoms with Crippen molar-refractivity contribution in [2.75, 3.05) is 12.3 Å². The van der Waals surface area contributed by atoms with E-state index in [1.165, 1.54) is 24.6 Å². The van der Waals surface area contributed by atoms with E-state index in [1.54, 1.807) is 11.3 Å². The molecule has 2 heterocycles. The van der Waals surface area contributed by atoms with Crippen LogP contribution >= 0.6 is 23.1 Å². The fourth-order valence-corrected chi connectivity index (χ4v) is 4.27. The Morgan fingerprint density at radius 1 is 1.52 bits per heavy atom. The molecule has 1 fully saturated rings. The summed E-state index contributed by atoms with van der Waals surface area (Å²) in [5, 5.41) is 5.11. The first-order chi connectivity index (χ1) is 11.1. The number of aryl methyl sites for hydroxylation is 2. The second-order valence-corrected chi connectivity index (χ2v) is 8.23. The van der Waals surface area contributed by atoms with Crippen molar-refractivity contribution in [1.29, 1.82) is 0 Å². The first-order valence-electron chi connectivity index (χ1n) is 7.92. The van der Waals surface area contributed by atoms with Gasteiger partial charge < -0.3 is 9.88 Å². The number of thioether (sulfide) groups is 1. The monoisotopic (exact) mass is 350 g/mol. The van der Waals surface area contributed by atoms with Gasteiger partial charge in [-0.05, 0) is 19.8 Å². The third-order valence-electron chi connectivity index (χ3n) is 4.17. The van der Waals surface area contributed by atoms with Gasteiger partial charge in [0.15, 0.2) is 4.34 Å². The number of carbonyl (C=O) groups excluding carboxylic acids is 1. The van der Waals surface area contributed by atoms with E-state index in [4.69, 9.17) is 0 Å². The maximum Gasteiger partial charge on any atom is 0.230 e. The summed E-state index contributed by atoms with van der Waals surface area (Å²) in [4.78, 5) is 20.8. The Bertz CT molecular complexity index is 675. The fourth-order valence-electron chi connectivity index (χ4n) is 2.59. The van der Waals surface area contributed by atoms with Crippen molar-refractivity contribution in [2.45, 2.75) is 44.0 Å². The Hall–Kier alpha value is -1.34. The summed E-state index contributed by atoms with van der Waals surface area (Å²) >= 11 is 3.11. The number of nitrogens with zero attached hydrogens (tertiary/aromatic N) is 3. The Morgan fingerprint density at radius 2 is 2.35 bits per heavy atom. The molecule has 0 spiro atoms. The summed E-state index contributed by atoms with van der Waals surface area (Å²) in [6.45, 7) is 5.80. The SMILES string of the molecule is CCc1nccn1CC1(CNC(=O)CSc2nc(C)cs2)CC1. The van der Waals surface area contributed by atoms with E-state index >= 15 is 0 Å². The van der Waals surface area contributed by atoms with Gasteiger partial charge in [-0.3, -0.25) is 4.79 Å². The van der Waals surface area contributed by atoms with Crippen LogP contribution in [0.4, 0.5) is 0 Å². The van der Waals surface area contributed by atoms with Gasteiger partial charge in [0.25, 0.3) is 0 Å². The summed E-state index contributed by atoms with van der Waals surface area (Å²) in [5.74, 6) is 1.65. The van der Waals surface area contributed by atoms with Crippen molar-refractivity contribution < 1.29 is 4.79 Å². The van der Waals surface area contributed by atoms with E-state index in [2.05, 4.69) is 26.8 Å². The van der Waals surface area contributed by atoms with E-state index in [9.17, 15) is 4.79 Å². The van der Waals surface area contributed by atoms with Crippen molar-refractivity contribution >= 4 is 29.0 Å². The lowest BCUT2D eigenvalue weighted by Gasteiger charge is -2.18. The summed E-state index contributed by atoms with van der Waals surface area (Å²) in [6, 6.07) is 0. The van der Waals surface area contributed by atoms with Crippen molar-refractivity contribution in [2.24, 2.45) is 5.41 Å². The molecule has 1 saturated carbocycles. The fraction of sp³-hybridized carbons (Fsp3) is 0.562. The van der Waals surface area contributed by atoms with Gasteiger partial charge in [-0.15, -0.1) is 11.3 Å². The van der Waals surface area contributed by atoms with Gasteiger partial charge in [0.1, 0.15) is 5.82 Å². The minimum atomic E-state index is 0.0930. The molecule has 1 amide bonds. The standard InChI is InChI=1S/C16H22N4OS2/c1-3-13-17-6-7-20(13)11-16(4-5-16)10-18-14(21)9-23-15-19-12(2)8-22-15/h6-8H,3-5,9-11H2,1-2H3,(H,18,21). The van der Waals surface area contributed by atoms with Gasteiger partial charge in [-0.25, -0.2) is 9.97 Å². The number of amides is 1. The maximum atomic E-state index is 12.0. The summed E-state index contributed by atoms with van der Waals surface area (Å²) in [6.07, 6.45) is 7.20. The number of carbonyl (C=O) groups is 1. The zero-order chi connectivity index (χ0) is 16.3. The van der Waals surface area contributed by atoms with Crippen LogP contribution in [0.5, 0.6) is 0 Å². The quantitative estimate of drug-likeness (QED) is 0.744. The van der Waals surface area contributed by atoms with E-state index in [0.29, 0.717) is 5.75 Å². The van der Waals surface area contributed by atoms with Gasteiger partial charge in [-0.1, -0.05) is 18.7 Å². The normalized spacial score (nSPS) is 15.6. The average Bonchev–Trinajstić information content (AvgIpc) is 2.94. The first-order valence-corrected chi connectivity index (χ1v) is 9.78. The third kappa shape index (κ3) is 4.35.